The van der Waals surface area contributed by atoms with E-state index in [-0.39, 0.29) is 0 Å². The zero-order valence-electron chi connectivity index (χ0n) is 18.4. The van der Waals surface area contributed by atoms with Crippen molar-refractivity contribution in [3.05, 3.63) is 24.0 Å². The highest BCUT2D eigenvalue weighted by atomic mass is 32.2. The second kappa shape index (κ2) is 9.21. The second-order valence-electron chi connectivity index (χ2n) is 8.51. The van der Waals surface area contributed by atoms with Gasteiger partial charge in [-0.1, -0.05) is 13.8 Å². The lowest BCUT2D eigenvalue weighted by Crippen LogP contribution is -2.24. The van der Waals surface area contributed by atoms with Crippen LogP contribution in [0, 0.1) is 5.92 Å². The summed E-state index contributed by atoms with van der Waals surface area (Å²) in [5, 5.41) is 4.41. The zero-order valence-corrected chi connectivity index (χ0v) is 20.0. The monoisotopic (exact) mass is 468 g/mol. The van der Waals surface area contributed by atoms with E-state index >= 15 is 0 Å². The Hall–Kier alpha value is -2.43. The van der Waals surface area contributed by atoms with Crippen LogP contribution in [0.25, 0.3) is 21.4 Å². The number of nitrogens with two attached hydrogens (primary N) is 1. The molecule has 5 rings (SSSR count). The number of hydrogen-bond donors (Lipinski definition) is 2. The summed E-state index contributed by atoms with van der Waals surface area (Å²) in [7, 11) is 0. The van der Waals surface area contributed by atoms with Crippen LogP contribution in [-0.2, 0) is 6.54 Å². The van der Waals surface area contributed by atoms with Gasteiger partial charge in [-0.15, -0.1) is 11.3 Å². The summed E-state index contributed by atoms with van der Waals surface area (Å²) in [4.78, 5) is 21.7. The molecule has 0 aliphatic carbocycles. The third kappa shape index (κ3) is 4.26. The van der Waals surface area contributed by atoms with Gasteiger partial charge >= 0.3 is 0 Å². The Morgan fingerprint density at radius 2 is 2.03 bits per heavy atom. The van der Waals surface area contributed by atoms with Crippen molar-refractivity contribution in [2.24, 2.45) is 5.92 Å². The van der Waals surface area contributed by atoms with E-state index in [9.17, 15) is 0 Å². The van der Waals surface area contributed by atoms with Gasteiger partial charge in [-0.25, -0.2) is 19.9 Å². The molecule has 168 valence electrons. The molecule has 4 aromatic rings. The zero-order chi connectivity index (χ0) is 22.1. The number of anilines is 2. The van der Waals surface area contributed by atoms with E-state index < -0.39 is 0 Å². The maximum atomic E-state index is 6.15. The molecule has 3 aromatic heterocycles. The average molecular weight is 469 g/mol. The Morgan fingerprint density at radius 1 is 1.19 bits per heavy atom. The van der Waals surface area contributed by atoms with E-state index in [1.165, 1.54) is 34.5 Å². The van der Waals surface area contributed by atoms with E-state index in [1.54, 1.807) is 23.1 Å². The normalized spacial score (nSPS) is 14.4. The van der Waals surface area contributed by atoms with Crippen molar-refractivity contribution in [1.29, 1.82) is 0 Å². The van der Waals surface area contributed by atoms with Crippen LogP contribution in [0.1, 0.15) is 26.7 Å². The first kappa shape index (κ1) is 21.4. The van der Waals surface area contributed by atoms with Crippen LogP contribution in [0.4, 0.5) is 11.5 Å². The van der Waals surface area contributed by atoms with E-state index in [0.717, 1.165) is 49.0 Å². The van der Waals surface area contributed by atoms with Gasteiger partial charge in [0.15, 0.2) is 22.1 Å². The lowest BCUT2D eigenvalue weighted by Gasteiger charge is -2.21. The topological polar surface area (TPSA) is 97.8 Å². The van der Waals surface area contributed by atoms with Crippen molar-refractivity contribution in [3.63, 3.8) is 0 Å². The number of aromatic nitrogens is 5. The summed E-state index contributed by atoms with van der Waals surface area (Å²) in [6.07, 6.45) is 3.97. The molecular weight excluding hydrogens is 440 g/mol. The van der Waals surface area contributed by atoms with Gasteiger partial charge in [-0.2, -0.15) is 0 Å². The SMILES string of the molecule is CC(C)CNCCn1c(Sc2cc3scnc3cc2N2CCCC2)nc2c(N)ncnc21. The van der Waals surface area contributed by atoms with E-state index in [1.807, 2.05) is 5.51 Å². The Kier molecular flexibility index (Phi) is 6.16. The van der Waals surface area contributed by atoms with Crippen LogP contribution in [-0.4, -0.2) is 50.7 Å². The molecule has 0 saturated carbocycles. The fraction of sp³-hybridized carbons (Fsp3) is 0.455. The number of nitrogens with one attached hydrogen (secondary N) is 1. The van der Waals surface area contributed by atoms with Crippen molar-refractivity contribution in [1.82, 2.24) is 29.8 Å². The number of fused-ring (bicyclic) bond motifs is 2. The highest BCUT2D eigenvalue weighted by Crippen LogP contribution is 2.40. The molecule has 0 radical (unpaired) electrons. The standard InChI is InChI=1S/C22H28N8S2/c1-14(2)11-24-5-8-30-21-19(20(23)25-12-26-21)28-22(30)32-18-10-17-15(27-13-31-17)9-16(18)29-6-3-4-7-29/h9-10,12-14,24H,3-8,11H2,1-2H3,(H2,23,25,26). The van der Waals surface area contributed by atoms with Gasteiger partial charge in [0, 0.05) is 31.1 Å². The summed E-state index contributed by atoms with van der Waals surface area (Å²) in [5.41, 5.74) is 11.8. The number of nitrogens with zero attached hydrogens (tertiary/aromatic N) is 6. The first-order valence-electron chi connectivity index (χ1n) is 11.1. The highest BCUT2D eigenvalue weighted by molar-refractivity contribution is 7.99. The highest BCUT2D eigenvalue weighted by Gasteiger charge is 2.21. The molecule has 8 nitrogen and oxygen atoms in total. The fourth-order valence-electron chi connectivity index (χ4n) is 4.05. The minimum Gasteiger partial charge on any atom is -0.382 e. The number of nitrogen functional groups attached to an aromatic ring is 1. The average Bonchev–Trinajstić information content (AvgIpc) is 3.51. The van der Waals surface area contributed by atoms with Gasteiger partial charge in [-0.3, -0.25) is 0 Å². The molecule has 0 bridgehead atoms. The van der Waals surface area contributed by atoms with E-state index in [0.29, 0.717) is 17.3 Å². The van der Waals surface area contributed by atoms with Crippen LogP contribution >= 0.6 is 23.1 Å². The van der Waals surface area contributed by atoms with Crippen LogP contribution in [0.5, 0.6) is 0 Å². The molecular formula is C22H28N8S2. The van der Waals surface area contributed by atoms with Crippen LogP contribution < -0.4 is 16.0 Å². The summed E-state index contributed by atoms with van der Waals surface area (Å²) in [5.74, 6) is 1.03. The lowest BCUT2D eigenvalue weighted by atomic mass is 10.2. The van der Waals surface area contributed by atoms with Crippen molar-refractivity contribution < 1.29 is 0 Å². The Morgan fingerprint density at radius 3 is 2.84 bits per heavy atom. The van der Waals surface area contributed by atoms with Crippen molar-refractivity contribution in [2.75, 3.05) is 36.8 Å². The first-order chi connectivity index (χ1) is 15.6. The third-order valence-corrected chi connectivity index (χ3v) is 7.48. The van der Waals surface area contributed by atoms with Gasteiger partial charge in [-0.05, 0) is 49.2 Å². The molecule has 1 saturated heterocycles. The van der Waals surface area contributed by atoms with Gasteiger partial charge < -0.3 is 20.5 Å². The summed E-state index contributed by atoms with van der Waals surface area (Å²) < 4.78 is 3.35. The smallest absolute Gasteiger partial charge is 0.175 e. The Labute approximate surface area is 195 Å². The van der Waals surface area contributed by atoms with Crippen LogP contribution in [0.2, 0.25) is 0 Å². The molecule has 1 aliphatic heterocycles. The fourth-order valence-corrected chi connectivity index (χ4v) is 5.92. The van der Waals surface area contributed by atoms with Crippen molar-refractivity contribution >= 4 is 56.0 Å². The van der Waals surface area contributed by atoms with Crippen molar-refractivity contribution in [3.8, 4) is 0 Å². The lowest BCUT2D eigenvalue weighted by molar-refractivity contribution is 0.516. The molecule has 1 aromatic carbocycles. The number of hydrogen-bond acceptors (Lipinski definition) is 9. The predicted molar refractivity (Wildman–Crippen MR) is 133 cm³/mol. The largest absolute Gasteiger partial charge is 0.382 e. The van der Waals surface area contributed by atoms with Gasteiger partial charge in [0.05, 0.1) is 21.4 Å². The first-order valence-corrected chi connectivity index (χ1v) is 12.8. The molecule has 0 spiro atoms. The van der Waals surface area contributed by atoms with Crippen LogP contribution in [0.15, 0.2) is 34.0 Å². The Balaban J connectivity index is 1.53. The van der Waals surface area contributed by atoms with Gasteiger partial charge in [0.2, 0.25) is 0 Å². The minimum atomic E-state index is 0.420. The van der Waals surface area contributed by atoms with E-state index in [2.05, 4.69) is 55.7 Å². The van der Waals surface area contributed by atoms with Gasteiger partial charge in [0.1, 0.15) is 6.33 Å². The molecule has 0 atom stereocenters. The summed E-state index contributed by atoms with van der Waals surface area (Å²) in [6.45, 7) is 9.17. The molecule has 1 fully saturated rings. The number of rotatable bonds is 8. The molecule has 0 unspecified atom stereocenters. The maximum Gasteiger partial charge on any atom is 0.175 e. The van der Waals surface area contributed by atoms with Crippen LogP contribution in [0.3, 0.4) is 0 Å². The molecule has 32 heavy (non-hydrogen) atoms. The Bertz CT molecular complexity index is 1230. The van der Waals surface area contributed by atoms with Crippen molar-refractivity contribution in [2.45, 2.75) is 43.3 Å². The number of imidazole rings is 1. The van der Waals surface area contributed by atoms with Gasteiger partial charge in [0.25, 0.3) is 0 Å². The predicted octanol–water partition coefficient (Wildman–Crippen LogP) is 4.02. The number of benzene rings is 1. The molecule has 3 N–H and O–H groups in total. The molecule has 10 heteroatoms. The molecule has 1 aliphatic rings. The summed E-state index contributed by atoms with van der Waals surface area (Å²) >= 11 is 3.35. The molecule has 0 amide bonds. The third-order valence-electron chi connectivity index (χ3n) is 5.65. The maximum absolute atomic E-state index is 6.15. The van der Waals surface area contributed by atoms with E-state index in [4.69, 9.17) is 10.7 Å². The summed E-state index contributed by atoms with van der Waals surface area (Å²) in [6, 6.07) is 4.48. The number of thiazole rings is 1. The minimum absolute atomic E-state index is 0.420. The second-order valence-corrected chi connectivity index (χ2v) is 10.4. The quantitative estimate of drug-likeness (QED) is 0.374. The molecule has 4 heterocycles.